The van der Waals surface area contributed by atoms with Crippen LogP contribution in [0.15, 0.2) is 0 Å². The molecule has 0 heterocycles. The lowest BCUT2D eigenvalue weighted by Gasteiger charge is -2.21. The molecular weight excluding hydrogens is 1200 g/mol. The number of esters is 4. The van der Waals surface area contributed by atoms with Crippen molar-refractivity contribution in [3.05, 3.63) is 0 Å². The van der Waals surface area contributed by atoms with Crippen molar-refractivity contribution in [3.8, 4) is 0 Å². The summed E-state index contributed by atoms with van der Waals surface area (Å²) in [5.74, 6) is -0.665. The van der Waals surface area contributed by atoms with Gasteiger partial charge in [-0.2, -0.15) is 0 Å². The Morgan fingerprint density at radius 1 is 0.319 bits per heavy atom. The molecule has 0 saturated carbocycles. The van der Waals surface area contributed by atoms with Crippen molar-refractivity contribution in [2.75, 3.05) is 39.6 Å². The van der Waals surface area contributed by atoms with Crippen LogP contribution >= 0.6 is 15.6 Å². The summed E-state index contributed by atoms with van der Waals surface area (Å²) in [5.41, 5.74) is 0. The van der Waals surface area contributed by atoms with E-state index in [2.05, 4.69) is 41.5 Å². The van der Waals surface area contributed by atoms with E-state index in [0.717, 1.165) is 108 Å². The van der Waals surface area contributed by atoms with E-state index in [-0.39, 0.29) is 25.7 Å². The lowest BCUT2D eigenvalue weighted by molar-refractivity contribution is -0.161. The Balaban J connectivity index is 5.16. The zero-order valence-electron chi connectivity index (χ0n) is 59.1. The molecule has 0 aromatic heterocycles. The van der Waals surface area contributed by atoms with Gasteiger partial charge in [0, 0.05) is 25.7 Å². The van der Waals surface area contributed by atoms with Crippen molar-refractivity contribution in [1.29, 1.82) is 0 Å². The number of hydrogen-bond acceptors (Lipinski definition) is 15. The molecule has 17 nitrogen and oxygen atoms in total. The van der Waals surface area contributed by atoms with E-state index in [1.54, 1.807) is 0 Å². The van der Waals surface area contributed by atoms with Crippen LogP contribution in [0.5, 0.6) is 0 Å². The van der Waals surface area contributed by atoms with Crippen LogP contribution in [0.1, 0.15) is 369 Å². The molecule has 0 aliphatic rings. The van der Waals surface area contributed by atoms with Gasteiger partial charge in [0.1, 0.15) is 19.3 Å². The number of phosphoric ester groups is 2. The molecule has 0 spiro atoms. The topological polar surface area (TPSA) is 237 Å². The van der Waals surface area contributed by atoms with Crippen LogP contribution < -0.4 is 0 Å². The summed E-state index contributed by atoms with van der Waals surface area (Å²) < 4.78 is 68.2. The number of aliphatic hydroxyl groups excluding tert-OH is 1. The largest absolute Gasteiger partial charge is 0.472 e. The minimum atomic E-state index is -4.95. The van der Waals surface area contributed by atoms with Crippen LogP contribution in [0.4, 0.5) is 0 Å². The van der Waals surface area contributed by atoms with E-state index in [9.17, 15) is 43.2 Å². The van der Waals surface area contributed by atoms with Gasteiger partial charge in [0.05, 0.1) is 26.4 Å². The monoisotopic (exact) mass is 1340 g/mol. The number of phosphoric acid groups is 2. The summed E-state index contributed by atoms with van der Waals surface area (Å²) in [5, 5.41) is 10.6. The maximum atomic E-state index is 13.0. The number of carbonyl (C=O) groups excluding carboxylic acids is 4. The molecule has 3 N–H and O–H groups in total. The average Bonchev–Trinajstić information content (AvgIpc) is 3.72. The Morgan fingerprint density at radius 3 is 0.835 bits per heavy atom. The van der Waals surface area contributed by atoms with Gasteiger partial charge in [0.2, 0.25) is 0 Å². The third-order valence-electron chi connectivity index (χ3n) is 17.1. The van der Waals surface area contributed by atoms with E-state index < -0.39 is 97.5 Å². The van der Waals surface area contributed by atoms with Gasteiger partial charge < -0.3 is 33.8 Å². The van der Waals surface area contributed by atoms with Crippen molar-refractivity contribution >= 4 is 39.5 Å². The lowest BCUT2D eigenvalue weighted by atomic mass is 10.00. The van der Waals surface area contributed by atoms with Gasteiger partial charge in [-0.25, -0.2) is 9.13 Å². The molecule has 0 aromatic rings. The van der Waals surface area contributed by atoms with Crippen molar-refractivity contribution in [2.45, 2.75) is 387 Å². The Labute approximate surface area is 556 Å². The average molecular weight is 1340 g/mol. The number of hydrogen-bond donors (Lipinski definition) is 3. The maximum Gasteiger partial charge on any atom is 0.472 e. The van der Waals surface area contributed by atoms with E-state index in [0.29, 0.717) is 25.7 Å². The fraction of sp³-hybridized carbons (Fsp3) is 0.944. The summed E-state index contributed by atoms with van der Waals surface area (Å²) in [6, 6.07) is 0. The first-order valence-electron chi connectivity index (χ1n) is 37.5. The Hall–Kier alpha value is -1.94. The molecule has 91 heavy (non-hydrogen) atoms. The molecule has 0 aliphatic heterocycles. The minimum Gasteiger partial charge on any atom is -0.462 e. The quantitative estimate of drug-likeness (QED) is 0.0222. The second-order valence-electron chi connectivity index (χ2n) is 26.7. The van der Waals surface area contributed by atoms with Crippen molar-refractivity contribution in [1.82, 2.24) is 0 Å². The van der Waals surface area contributed by atoms with Gasteiger partial charge in [-0.3, -0.25) is 37.3 Å². The molecule has 6 atom stereocenters. The number of aliphatic hydroxyl groups is 1. The number of rotatable bonds is 71. The van der Waals surface area contributed by atoms with Crippen molar-refractivity contribution < 1.29 is 80.2 Å². The van der Waals surface area contributed by atoms with E-state index in [4.69, 9.17) is 37.0 Å². The molecule has 0 radical (unpaired) electrons. The van der Waals surface area contributed by atoms with Crippen LogP contribution in [0.2, 0.25) is 0 Å². The van der Waals surface area contributed by atoms with Crippen molar-refractivity contribution in [3.63, 3.8) is 0 Å². The normalized spacial score (nSPS) is 14.4. The second-order valence-corrected chi connectivity index (χ2v) is 29.6. The van der Waals surface area contributed by atoms with E-state index >= 15 is 0 Å². The molecule has 0 rings (SSSR count). The molecule has 0 bridgehead atoms. The van der Waals surface area contributed by atoms with E-state index in [1.165, 1.54) is 180 Å². The maximum absolute atomic E-state index is 13.0. The summed E-state index contributed by atoms with van der Waals surface area (Å²) in [6.07, 6.45) is 50.3. The second kappa shape index (κ2) is 64.1. The third-order valence-corrected chi connectivity index (χ3v) is 19.0. The Morgan fingerprint density at radius 2 is 0.560 bits per heavy atom. The molecular formula is C72H140O17P2. The first-order chi connectivity index (χ1) is 43.9. The molecule has 0 fully saturated rings. The van der Waals surface area contributed by atoms with Crippen LogP contribution in [-0.4, -0.2) is 96.7 Å². The molecule has 19 heteroatoms. The minimum absolute atomic E-state index is 0.103. The van der Waals surface area contributed by atoms with Gasteiger partial charge in [-0.15, -0.1) is 0 Å². The first kappa shape index (κ1) is 89.1. The molecule has 0 amide bonds. The summed E-state index contributed by atoms with van der Waals surface area (Å²) in [4.78, 5) is 72.5. The number of carbonyl (C=O) groups is 4. The predicted octanol–water partition coefficient (Wildman–Crippen LogP) is 20.8. The Bertz CT molecular complexity index is 1770. The highest BCUT2D eigenvalue weighted by molar-refractivity contribution is 7.47. The van der Waals surface area contributed by atoms with E-state index in [1.807, 2.05) is 0 Å². The first-order valence-corrected chi connectivity index (χ1v) is 40.5. The highest BCUT2D eigenvalue weighted by Crippen LogP contribution is 2.45. The zero-order chi connectivity index (χ0) is 67.2. The van der Waals surface area contributed by atoms with Gasteiger partial charge in [-0.1, -0.05) is 318 Å². The molecule has 0 aromatic carbocycles. The number of ether oxygens (including phenoxy) is 4. The standard InChI is InChI=1S/C72H140O17P2/c1-7-10-12-14-16-18-19-20-21-22-23-24-25-26-27-28-29-32-37-44-50-56-71(76)88-67(60-83-70(75)55-49-43-36-33-30-31-34-40-46-52-64(4)5)62-86-90(78,79)84-58-66(73)59-85-91(80,81)87-63-68(61-82-69(74)54-48-42-35-17-15-13-11-8-2)89-72(77)57-51-45-39-38-41-47-53-65(6)9-3/h64-68,73H,7-63H2,1-6H3,(H,78,79)(H,80,81)/t65?,66-,67-,68-/m1/s1. The predicted molar refractivity (Wildman–Crippen MR) is 368 cm³/mol. The fourth-order valence-corrected chi connectivity index (χ4v) is 12.5. The SMILES string of the molecule is CCCCCCCCCCCCCCCCCCCCCCCC(=O)O[C@H](COC(=O)CCCCCCCCCCCC(C)C)COP(=O)(O)OC[C@@H](O)COP(=O)(O)OC[C@@H](COC(=O)CCCCCCCCCC)OC(=O)CCCCCCCCC(C)CC. The van der Waals surface area contributed by atoms with Crippen LogP contribution in [0.25, 0.3) is 0 Å². The van der Waals surface area contributed by atoms with Gasteiger partial charge in [0.25, 0.3) is 0 Å². The molecule has 0 saturated heterocycles. The third kappa shape index (κ3) is 65.1. The summed E-state index contributed by atoms with van der Waals surface area (Å²) in [6.45, 7) is 9.46. The highest BCUT2D eigenvalue weighted by Gasteiger charge is 2.30. The van der Waals surface area contributed by atoms with Crippen LogP contribution in [0.3, 0.4) is 0 Å². The summed E-state index contributed by atoms with van der Waals surface area (Å²) >= 11 is 0. The Kier molecular flexibility index (Phi) is 62.7. The van der Waals surface area contributed by atoms with Crippen LogP contribution in [-0.2, 0) is 65.4 Å². The van der Waals surface area contributed by atoms with Crippen LogP contribution in [0, 0.1) is 11.8 Å². The fourth-order valence-electron chi connectivity index (χ4n) is 10.9. The molecule has 0 aliphatic carbocycles. The zero-order valence-corrected chi connectivity index (χ0v) is 60.9. The van der Waals surface area contributed by atoms with Gasteiger partial charge in [0.15, 0.2) is 12.2 Å². The van der Waals surface area contributed by atoms with Gasteiger partial charge in [-0.05, 0) is 37.5 Å². The molecule has 540 valence electrons. The smallest absolute Gasteiger partial charge is 0.462 e. The number of unbranched alkanes of at least 4 members (excludes halogenated alkanes) is 40. The molecule has 3 unspecified atom stereocenters. The lowest BCUT2D eigenvalue weighted by Crippen LogP contribution is -2.30. The summed E-state index contributed by atoms with van der Waals surface area (Å²) in [7, 11) is -9.90. The van der Waals surface area contributed by atoms with Gasteiger partial charge >= 0.3 is 39.5 Å². The van der Waals surface area contributed by atoms with Crippen molar-refractivity contribution in [2.24, 2.45) is 11.8 Å². The highest BCUT2D eigenvalue weighted by atomic mass is 31.2.